The van der Waals surface area contributed by atoms with Crippen LogP contribution in [0.4, 0.5) is 0 Å². The summed E-state index contributed by atoms with van der Waals surface area (Å²) < 4.78 is 6.88. The number of hydrogen-bond acceptors (Lipinski definition) is 3. The molecule has 1 aromatic heterocycles. The van der Waals surface area contributed by atoms with Crippen molar-refractivity contribution >= 4 is 17.0 Å². The van der Waals surface area contributed by atoms with Crippen LogP contribution in [-0.4, -0.2) is 22.6 Å². The first kappa shape index (κ1) is 12.6. The minimum absolute atomic E-state index is 0.235. The molecule has 18 heavy (non-hydrogen) atoms. The average Bonchev–Trinajstić information content (AvgIpc) is 2.63. The van der Waals surface area contributed by atoms with Crippen molar-refractivity contribution in [3.63, 3.8) is 0 Å². The van der Waals surface area contributed by atoms with Crippen LogP contribution in [0, 0.1) is 6.92 Å². The number of ether oxygens (including phenoxy) is 1. The van der Waals surface area contributed by atoms with Crippen molar-refractivity contribution in [2.24, 2.45) is 7.05 Å². The van der Waals surface area contributed by atoms with E-state index in [0.29, 0.717) is 0 Å². The van der Waals surface area contributed by atoms with Gasteiger partial charge in [0.25, 0.3) is 0 Å². The lowest BCUT2D eigenvalue weighted by Crippen LogP contribution is -2.30. The van der Waals surface area contributed by atoms with Crippen molar-refractivity contribution in [2.75, 3.05) is 7.11 Å². The highest BCUT2D eigenvalue weighted by molar-refractivity contribution is 5.85. The van der Waals surface area contributed by atoms with Gasteiger partial charge >= 0.3 is 5.97 Å². The number of benzene rings is 1. The maximum atomic E-state index is 11.8. The average molecular weight is 246 g/mol. The number of fused-ring (bicyclic) bond motifs is 1. The van der Waals surface area contributed by atoms with Gasteiger partial charge in [0.05, 0.1) is 23.6 Å². The zero-order valence-corrected chi connectivity index (χ0v) is 11.4. The van der Waals surface area contributed by atoms with Gasteiger partial charge < -0.3 is 9.30 Å². The number of esters is 1. The summed E-state index contributed by atoms with van der Waals surface area (Å²) in [7, 11) is 3.39. The SMILES string of the molecule is COC(=O)C(C)(C)c1ccc2nc(C)n(C)c2c1. The second kappa shape index (κ2) is 4.12. The van der Waals surface area contributed by atoms with Gasteiger partial charge in [0.1, 0.15) is 5.82 Å². The Bertz CT molecular complexity index is 612. The summed E-state index contributed by atoms with van der Waals surface area (Å²) in [5.74, 6) is 0.721. The van der Waals surface area contributed by atoms with Crippen molar-refractivity contribution < 1.29 is 9.53 Å². The Morgan fingerprint density at radius 1 is 1.39 bits per heavy atom. The van der Waals surface area contributed by atoms with Gasteiger partial charge in [-0.2, -0.15) is 0 Å². The Kier molecular flexibility index (Phi) is 2.89. The van der Waals surface area contributed by atoms with E-state index in [1.807, 2.05) is 50.6 Å². The molecule has 4 heteroatoms. The van der Waals surface area contributed by atoms with Gasteiger partial charge in [-0.1, -0.05) is 6.07 Å². The van der Waals surface area contributed by atoms with Crippen LogP contribution in [-0.2, 0) is 22.0 Å². The summed E-state index contributed by atoms with van der Waals surface area (Å²) in [5, 5.41) is 0. The first-order valence-corrected chi connectivity index (χ1v) is 5.90. The second-order valence-electron chi connectivity index (χ2n) is 5.04. The molecule has 0 saturated heterocycles. The van der Waals surface area contributed by atoms with Crippen molar-refractivity contribution in [1.82, 2.24) is 9.55 Å². The molecule has 2 rings (SSSR count). The molecule has 96 valence electrons. The predicted octanol–water partition coefficient (Wildman–Crippen LogP) is 2.33. The molecule has 0 unspecified atom stereocenters. The topological polar surface area (TPSA) is 44.1 Å². The lowest BCUT2D eigenvalue weighted by atomic mass is 9.84. The van der Waals surface area contributed by atoms with Gasteiger partial charge in [-0.05, 0) is 38.5 Å². The molecule has 0 aliphatic rings. The number of aryl methyl sites for hydroxylation is 2. The molecule has 0 amide bonds. The number of carbonyl (C=O) groups is 1. The summed E-state index contributed by atoms with van der Waals surface area (Å²) >= 11 is 0. The number of rotatable bonds is 2. The van der Waals surface area contributed by atoms with Crippen molar-refractivity contribution in [1.29, 1.82) is 0 Å². The molecule has 0 N–H and O–H groups in total. The normalized spacial score (nSPS) is 11.8. The fraction of sp³-hybridized carbons (Fsp3) is 0.429. The molecule has 0 aliphatic heterocycles. The molecule has 1 heterocycles. The lowest BCUT2D eigenvalue weighted by Gasteiger charge is -2.22. The van der Waals surface area contributed by atoms with E-state index >= 15 is 0 Å². The predicted molar refractivity (Wildman–Crippen MR) is 70.5 cm³/mol. The van der Waals surface area contributed by atoms with E-state index in [1.54, 1.807) is 0 Å². The summed E-state index contributed by atoms with van der Waals surface area (Å²) in [6.45, 7) is 5.69. The van der Waals surface area contributed by atoms with E-state index in [1.165, 1.54) is 7.11 Å². The lowest BCUT2D eigenvalue weighted by molar-refractivity contribution is -0.146. The molecule has 0 saturated carbocycles. The molecule has 0 bridgehead atoms. The summed E-state index contributed by atoms with van der Waals surface area (Å²) in [6.07, 6.45) is 0. The molecule has 0 aliphatic carbocycles. The Hall–Kier alpha value is -1.84. The maximum absolute atomic E-state index is 11.8. The highest BCUT2D eigenvalue weighted by atomic mass is 16.5. The highest BCUT2D eigenvalue weighted by Crippen LogP contribution is 2.27. The minimum atomic E-state index is -0.652. The third kappa shape index (κ3) is 1.78. The van der Waals surface area contributed by atoms with Crippen molar-refractivity contribution in [3.05, 3.63) is 29.6 Å². The molecule has 1 aromatic carbocycles. The smallest absolute Gasteiger partial charge is 0.315 e. The number of methoxy groups -OCH3 is 1. The number of hydrogen-bond donors (Lipinski definition) is 0. The molecule has 4 nitrogen and oxygen atoms in total. The minimum Gasteiger partial charge on any atom is -0.468 e. The van der Waals surface area contributed by atoms with Gasteiger partial charge in [0.15, 0.2) is 0 Å². The van der Waals surface area contributed by atoms with E-state index in [4.69, 9.17) is 4.74 Å². The number of carbonyl (C=O) groups excluding carboxylic acids is 1. The molecule has 0 fully saturated rings. The third-order valence-electron chi connectivity index (χ3n) is 3.52. The van der Waals surface area contributed by atoms with E-state index in [2.05, 4.69) is 4.98 Å². The van der Waals surface area contributed by atoms with Crippen LogP contribution in [0.3, 0.4) is 0 Å². The zero-order chi connectivity index (χ0) is 13.5. The summed E-state index contributed by atoms with van der Waals surface area (Å²) in [5.41, 5.74) is 2.26. The molecule has 0 atom stereocenters. The quantitative estimate of drug-likeness (QED) is 0.764. The highest BCUT2D eigenvalue weighted by Gasteiger charge is 2.31. The van der Waals surface area contributed by atoms with Gasteiger partial charge in [0.2, 0.25) is 0 Å². The van der Waals surface area contributed by atoms with Gasteiger partial charge in [-0.3, -0.25) is 4.79 Å². The Morgan fingerprint density at radius 3 is 2.67 bits per heavy atom. The van der Waals surface area contributed by atoms with Crippen molar-refractivity contribution in [2.45, 2.75) is 26.2 Å². The van der Waals surface area contributed by atoms with Crippen LogP contribution in [0.2, 0.25) is 0 Å². The van der Waals surface area contributed by atoms with Crippen LogP contribution in [0.1, 0.15) is 25.2 Å². The Balaban J connectivity index is 2.59. The van der Waals surface area contributed by atoms with E-state index in [-0.39, 0.29) is 5.97 Å². The molecule has 2 aromatic rings. The fourth-order valence-corrected chi connectivity index (χ4v) is 2.07. The fourth-order valence-electron chi connectivity index (χ4n) is 2.07. The number of nitrogens with zero attached hydrogens (tertiary/aromatic N) is 2. The van der Waals surface area contributed by atoms with Gasteiger partial charge in [-0.15, -0.1) is 0 Å². The second-order valence-corrected chi connectivity index (χ2v) is 5.04. The van der Waals surface area contributed by atoms with Crippen molar-refractivity contribution in [3.8, 4) is 0 Å². The van der Waals surface area contributed by atoms with E-state index < -0.39 is 5.41 Å². The monoisotopic (exact) mass is 246 g/mol. The molecule has 0 radical (unpaired) electrons. The van der Waals surface area contributed by atoms with Gasteiger partial charge in [-0.25, -0.2) is 4.98 Å². The van der Waals surface area contributed by atoms with E-state index in [9.17, 15) is 4.79 Å². The number of imidazole rings is 1. The Labute approximate surface area is 107 Å². The number of aromatic nitrogens is 2. The molecular weight excluding hydrogens is 228 g/mol. The Morgan fingerprint density at radius 2 is 2.06 bits per heavy atom. The first-order chi connectivity index (χ1) is 8.37. The van der Waals surface area contributed by atoms with Crippen LogP contribution in [0.5, 0.6) is 0 Å². The van der Waals surface area contributed by atoms with Crippen LogP contribution < -0.4 is 0 Å². The summed E-state index contributed by atoms with van der Waals surface area (Å²) in [6, 6.07) is 5.89. The standard InChI is InChI=1S/C14H18N2O2/c1-9-15-11-7-6-10(8-12(11)16(9)4)14(2,3)13(17)18-5/h6-8H,1-5H3. The zero-order valence-electron chi connectivity index (χ0n) is 11.4. The molecular formula is C14H18N2O2. The largest absolute Gasteiger partial charge is 0.468 e. The van der Waals surface area contributed by atoms with Crippen LogP contribution >= 0.6 is 0 Å². The maximum Gasteiger partial charge on any atom is 0.315 e. The van der Waals surface area contributed by atoms with Crippen LogP contribution in [0.15, 0.2) is 18.2 Å². The first-order valence-electron chi connectivity index (χ1n) is 5.90. The summed E-state index contributed by atoms with van der Waals surface area (Å²) in [4.78, 5) is 16.3. The van der Waals surface area contributed by atoms with Crippen LogP contribution in [0.25, 0.3) is 11.0 Å². The molecule has 0 spiro atoms. The van der Waals surface area contributed by atoms with E-state index in [0.717, 1.165) is 22.4 Å². The third-order valence-corrected chi connectivity index (χ3v) is 3.52. The van der Waals surface area contributed by atoms with Gasteiger partial charge in [0, 0.05) is 7.05 Å².